The van der Waals surface area contributed by atoms with Crippen molar-refractivity contribution >= 4 is 5.97 Å². The van der Waals surface area contributed by atoms with Crippen molar-refractivity contribution in [3.63, 3.8) is 0 Å². The standard InChI is InChI=1S/C14H17NO2/c1-3-17-14(16)8-7-12-6-4-5-11(2)13(12)9-10-15/h4-6H,3,7-9H2,1-2H3. The highest BCUT2D eigenvalue weighted by Crippen LogP contribution is 2.16. The predicted octanol–water partition coefficient (Wildman–Crippen LogP) is 2.56. The molecule has 0 amide bonds. The lowest BCUT2D eigenvalue weighted by Gasteiger charge is -2.09. The molecule has 90 valence electrons. The minimum atomic E-state index is -0.183. The topological polar surface area (TPSA) is 50.1 Å². The SMILES string of the molecule is CCOC(=O)CCc1cccc(C)c1CC#N. The number of carbonyl (C=O) groups is 1. The number of hydrogen-bond donors (Lipinski definition) is 0. The summed E-state index contributed by atoms with van der Waals surface area (Å²) in [6.07, 6.45) is 1.40. The minimum absolute atomic E-state index is 0.183. The zero-order chi connectivity index (χ0) is 12.7. The molecule has 0 spiro atoms. The van der Waals surface area contributed by atoms with Crippen LogP contribution in [0.2, 0.25) is 0 Å². The predicted molar refractivity (Wildman–Crippen MR) is 65.5 cm³/mol. The fourth-order valence-electron chi connectivity index (χ4n) is 1.80. The second-order valence-corrected chi connectivity index (χ2v) is 3.85. The van der Waals surface area contributed by atoms with E-state index in [1.165, 1.54) is 0 Å². The van der Waals surface area contributed by atoms with Gasteiger partial charge in [-0.05, 0) is 37.0 Å². The van der Waals surface area contributed by atoms with Gasteiger partial charge in [-0.15, -0.1) is 0 Å². The highest BCUT2D eigenvalue weighted by Gasteiger charge is 2.08. The average Bonchev–Trinajstić information content (AvgIpc) is 2.30. The van der Waals surface area contributed by atoms with Crippen LogP contribution in [0.5, 0.6) is 0 Å². The molecule has 0 aromatic heterocycles. The van der Waals surface area contributed by atoms with Crippen LogP contribution in [0, 0.1) is 18.3 Å². The Kier molecular flexibility index (Phi) is 5.22. The molecular formula is C14H17NO2. The maximum atomic E-state index is 11.3. The molecule has 0 aliphatic carbocycles. The van der Waals surface area contributed by atoms with Crippen LogP contribution in [0.15, 0.2) is 18.2 Å². The zero-order valence-electron chi connectivity index (χ0n) is 10.3. The summed E-state index contributed by atoms with van der Waals surface area (Å²) in [5, 5.41) is 8.79. The van der Waals surface area contributed by atoms with E-state index in [2.05, 4.69) is 6.07 Å². The molecule has 3 nitrogen and oxygen atoms in total. The number of nitriles is 1. The van der Waals surface area contributed by atoms with E-state index >= 15 is 0 Å². The second kappa shape index (κ2) is 6.70. The molecule has 0 N–H and O–H groups in total. The number of hydrogen-bond acceptors (Lipinski definition) is 3. The largest absolute Gasteiger partial charge is 0.466 e. The van der Waals surface area contributed by atoms with Crippen molar-refractivity contribution in [1.29, 1.82) is 5.26 Å². The maximum absolute atomic E-state index is 11.3. The summed E-state index contributed by atoms with van der Waals surface area (Å²) in [4.78, 5) is 11.3. The van der Waals surface area contributed by atoms with Crippen LogP contribution in [0.25, 0.3) is 0 Å². The van der Waals surface area contributed by atoms with Crippen molar-refractivity contribution in [3.05, 3.63) is 34.9 Å². The highest BCUT2D eigenvalue weighted by molar-refractivity contribution is 5.69. The van der Waals surface area contributed by atoms with E-state index in [4.69, 9.17) is 10.00 Å². The minimum Gasteiger partial charge on any atom is -0.466 e. The van der Waals surface area contributed by atoms with E-state index in [1.54, 1.807) is 6.92 Å². The van der Waals surface area contributed by atoms with Gasteiger partial charge in [-0.25, -0.2) is 0 Å². The molecule has 0 bridgehead atoms. The highest BCUT2D eigenvalue weighted by atomic mass is 16.5. The van der Waals surface area contributed by atoms with Crippen molar-refractivity contribution in [2.45, 2.75) is 33.1 Å². The Bertz CT molecular complexity index is 432. The van der Waals surface area contributed by atoms with Crippen LogP contribution in [0.3, 0.4) is 0 Å². The first-order chi connectivity index (χ1) is 8.19. The molecule has 0 unspecified atom stereocenters. The molecule has 1 rings (SSSR count). The Morgan fingerprint density at radius 3 is 2.88 bits per heavy atom. The van der Waals surface area contributed by atoms with E-state index in [-0.39, 0.29) is 5.97 Å². The Morgan fingerprint density at radius 2 is 2.24 bits per heavy atom. The smallest absolute Gasteiger partial charge is 0.306 e. The molecule has 0 saturated heterocycles. The number of nitrogens with zero attached hydrogens (tertiary/aromatic N) is 1. The fourth-order valence-corrected chi connectivity index (χ4v) is 1.80. The lowest BCUT2D eigenvalue weighted by atomic mass is 9.96. The molecular weight excluding hydrogens is 214 g/mol. The van der Waals surface area contributed by atoms with Gasteiger partial charge in [0.15, 0.2) is 0 Å². The normalized spacial score (nSPS) is 9.71. The van der Waals surface area contributed by atoms with E-state index in [0.29, 0.717) is 25.9 Å². The lowest BCUT2D eigenvalue weighted by Crippen LogP contribution is -2.06. The van der Waals surface area contributed by atoms with Crippen molar-refractivity contribution in [1.82, 2.24) is 0 Å². The van der Waals surface area contributed by atoms with Gasteiger partial charge in [-0.2, -0.15) is 5.26 Å². The van der Waals surface area contributed by atoms with Crippen LogP contribution < -0.4 is 0 Å². The van der Waals surface area contributed by atoms with Crippen molar-refractivity contribution < 1.29 is 9.53 Å². The quantitative estimate of drug-likeness (QED) is 0.732. The number of esters is 1. The number of rotatable bonds is 5. The molecule has 0 aliphatic rings. The summed E-state index contributed by atoms with van der Waals surface area (Å²) in [5.74, 6) is -0.183. The zero-order valence-corrected chi connectivity index (χ0v) is 10.3. The monoisotopic (exact) mass is 231 g/mol. The molecule has 3 heteroatoms. The number of aryl methyl sites for hydroxylation is 2. The van der Waals surface area contributed by atoms with Crippen LogP contribution in [-0.4, -0.2) is 12.6 Å². The average molecular weight is 231 g/mol. The molecule has 1 aromatic carbocycles. The molecule has 0 atom stereocenters. The van der Waals surface area contributed by atoms with Crippen molar-refractivity contribution in [2.75, 3.05) is 6.61 Å². The summed E-state index contributed by atoms with van der Waals surface area (Å²) >= 11 is 0. The Balaban J connectivity index is 2.74. The number of benzene rings is 1. The van der Waals surface area contributed by atoms with E-state index < -0.39 is 0 Å². The van der Waals surface area contributed by atoms with Crippen LogP contribution in [-0.2, 0) is 22.4 Å². The lowest BCUT2D eigenvalue weighted by molar-refractivity contribution is -0.143. The number of ether oxygens (including phenoxy) is 1. The second-order valence-electron chi connectivity index (χ2n) is 3.85. The summed E-state index contributed by atoms with van der Waals surface area (Å²) < 4.78 is 4.89. The van der Waals surface area contributed by atoms with E-state index in [0.717, 1.165) is 16.7 Å². The van der Waals surface area contributed by atoms with Gasteiger partial charge in [0.2, 0.25) is 0 Å². The van der Waals surface area contributed by atoms with Crippen LogP contribution in [0.4, 0.5) is 0 Å². The summed E-state index contributed by atoms with van der Waals surface area (Å²) in [6, 6.07) is 8.07. The molecule has 1 aromatic rings. The maximum Gasteiger partial charge on any atom is 0.306 e. The Labute approximate surface area is 102 Å². The van der Waals surface area contributed by atoms with Gasteiger partial charge < -0.3 is 4.74 Å². The first-order valence-corrected chi connectivity index (χ1v) is 5.79. The first kappa shape index (κ1) is 13.2. The van der Waals surface area contributed by atoms with Gasteiger partial charge in [0.1, 0.15) is 0 Å². The third-order valence-electron chi connectivity index (χ3n) is 2.67. The molecule has 0 saturated carbocycles. The van der Waals surface area contributed by atoms with Crippen LogP contribution in [0.1, 0.15) is 30.0 Å². The van der Waals surface area contributed by atoms with Crippen molar-refractivity contribution in [2.24, 2.45) is 0 Å². The van der Waals surface area contributed by atoms with Gasteiger partial charge in [0, 0.05) is 6.42 Å². The van der Waals surface area contributed by atoms with Gasteiger partial charge in [-0.1, -0.05) is 18.2 Å². The van der Waals surface area contributed by atoms with Gasteiger partial charge >= 0.3 is 5.97 Å². The Morgan fingerprint density at radius 1 is 1.47 bits per heavy atom. The third kappa shape index (κ3) is 3.92. The first-order valence-electron chi connectivity index (χ1n) is 5.79. The van der Waals surface area contributed by atoms with Crippen molar-refractivity contribution in [3.8, 4) is 6.07 Å². The molecule has 0 heterocycles. The van der Waals surface area contributed by atoms with Gasteiger partial charge in [-0.3, -0.25) is 4.79 Å². The van der Waals surface area contributed by atoms with Gasteiger partial charge in [0.05, 0.1) is 19.1 Å². The summed E-state index contributed by atoms with van der Waals surface area (Å²) in [7, 11) is 0. The molecule has 0 radical (unpaired) electrons. The summed E-state index contributed by atoms with van der Waals surface area (Å²) in [5.41, 5.74) is 3.21. The van der Waals surface area contributed by atoms with E-state index in [1.807, 2.05) is 25.1 Å². The summed E-state index contributed by atoms with van der Waals surface area (Å²) in [6.45, 7) is 4.20. The number of carbonyl (C=O) groups excluding carboxylic acids is 1. The Hall–Kier alpha value is -1.82. The van der Waals surface area contributed by atoms with Crippen LogP contribution >= 0.6 is 0 Å². The van der Waals surface area contributed by atoms with Gasteiger partial charge in [0.25, 0.3) is 0 Å². The molecule has 17 heavy (non-hydrogen) atoms. The molecule has 0 fully saturated rings. The molecule has 0 aliphatic heterocycles. The third-order valence-corrected chi connectivity index (χ3v) is 2.67. The van der Waals surface area contributed by atoms with E-state index in [9.17, 15) is 4.79 Å². The fraction of sp³-hybridized carbons (Fsp3) is 0.429.